The Bertz CT molecular complexity index is 3520. The molecule has 4 aromatic carbocycles. The zero-order chi connectivity index (χ0) is 44.6. The molecular formula is C47H39F3N14O2. The third-order valence-electron chi connectivity index (χ3n) is 12.6. The number of para-hydroxylation sites is 1. The van der Waals surface area contributed by atoms with Crippen molar-refractivity contribution in [2.45, 2.75) is 20.3 Å². The molecule has 2 saturated heterocycles. The number of H-pyrrole nitrogens is 2. The van der Waals surface area contributed by atoms with Gasteiger partial charge in [0.05, 0.1) is 59.7 Å². The third-order valence-corrected chi connectivity index (χ3v) is 12.6. The average molecular weight is 889 g/mol. The Labute approximate surface area is 373 Å². The Hall–Kier alpha value is -7.77. The van der Waals surface area contributed by atoms with Crippen LogP contribution in [0.5, 0.6) is 0 Å². The molecule has 6 aromatic heterocycles. The lowest BCUT2D eigenvalue weighted by Gasteiger charge is -2.29. The van der Waals surface area contributed by atoms with E-state index in [-0.39, 0.29) is 28.4 Å². The Morgan fingerprint density at radius 3 is 1.89 bits per heavy atom. The van der Waals surface area contributed by atoms with Gasteiger partial charge in [0.15, 0.2) is 11.6 Å². The van der Waals surface area contributed by atoms with E-state index >= 15 is 13.2 Å². The number of rotatable bonds is 8. The predicted octanol–water partition coefficient (Wildman–Crippen LogP) is 7.33. The second-order valence-corrected chi connectivity index (χ2v) is 16.4. The lowest BCUT2D eigenvalue weighted by molar-refractivity contribution is 0.122. The number of halogens is 3. The molecule has 330 valence electrons. The van der Waals surface area contributed by atoms with Crippen LogP contribution < -0.4 is 9.80 Å². The zero-order valence-electron chi connectivity index (χ0n) is 35.7. The summed E-state index contributed by atoms with van der Waals surface area (Å²) in [5, 5.41) is 18.2. The van der Waals surface area contributed by atoms with Crippen molar-refractivity contribution in [3.8, 4) is 34.2 Å². The summed E-state index contributed by atoms with van der Waals surface area (Å²) in [6, 6.07) is 17.5. The highest BCUT2D eigenvalue weighted by Crippen LogP contribution is 2.39. The number of aryl methyl sites for hydroxylation is 2. The smallest absolute Gasteiger partial charge is 0.163 e. The summed E-state index contributed by atoms with van der Waals surface area (Å²) >= 11 is 0. The van der Waals surface area contributed by atoms with Gasteiger partial charge in [0, 0.05) is 84.5 Å². The molecule has 2 aliphatic heterocycles. The lowest BCUT2D eigenvalue weighted by Crippen LogP contribution is -2.36. The minimum absolute atomic E-state index is 0.0825. The number of fused-ring (bicyclic) bond motifs is 4. The van der Waals surface area contributed by atoms with Gasteiger partial charge in [-0.3, -0.25) is 19.1 Å². The lowest BCUT2D eigenvalue weighted by atomic mass is 10.0. The van der Waals surface area contributed by atoms with E-state index in [4.69, 9.17) is 19.4 Å². The van der Waals surface area contributed by atoms with Gasteiger partial charge in [-0.15, -0.1) is 20.4 Å². The quantitative estimate of drug-likeness (QED) is 0.156. The van der Waals surface area contributed by atoms with Gasteiger partial charge in [-0.2, -0.15) is 0 Å². The molecule has 0 aliphatic carbocycles. The summed E-state index contributed by atoms with van der Waals surface area (Å²) < 4.78 is 62.8. The summed E-state index contributed by atoms with van der Waals surface area (Å²) in [5.41, 5.74) is 7.64. The van der Waals surface area contributed by atoms with Crippen molar-refractivity contribution in [3.05, 3.63) is 120 Å². The van der Waals surface area contributed by atoms with Crippen LogP contribution in [0.25, 0.3) is 78.0 Å². The van der Waals surface area contributed by atoms with Crippen LogP contribution in [0.4, 0.5) is 24.5 Å². The first-order valence-electron chi connectivity index (χ1n) is 21.6. The maximum absolute atomic E-state index is 16.4. The number of anilines is 2. The molecule has 2 aliphatic rings. The number of morpholine rings is 2. The fraction of sp³-hybridized carbons (Fsp3) is 0.234. The average Bonchev–Trinajstić information content (AvgIpc) is 4.17. The molecule has 0 spiro atoms. The van der Waals surface area contributed by atoms with Crippen molar-refractivity contribution in [1.29, 1.82) is 0 Å². The number of aromatic amines is 2. The first-order chi connectivity index (χ1) is 32.3. The van der Waals surface area contributed by atoms with Crippen LogP contribution in [-0.2, 0) is 15.9 Å². The van der Waals surface area contributed by atoms with E-state index in [2.05, 4.69) is 56.2 Å². The van der Waals surface area contributed by atoms with Crippen LogP contribution >= 0.6 is 0 Å². The van der Waals surface area contributed by atoms with Crippen molar-refractivity contribution in [2.75, 3.05) is 62.4 Å². The van der Waals surface area contributed by atoms with Crippen molar-refractivity contribution in [3.63, 3.8) is 0 Å². The number of benzene rings is 4. The molecule has 16 nitrogen and oxygen atoms in total. The molecule has 66 heavy (non-hydrogen) atoms. The third kappa shape index (κ3) is 6.52. The summed E-state index contributed by atoms with van der Waals surface area (Å²) in [4.78, 5) is 29.8. The van der Waals surface area contributed by atoms with Gasteiger partial charge in [-0.25, -0.2) is 23.1 Å². The van der Waals surface area contributed by atoms with Gasteiger partial charge >= 0.3 is 0 Å². The fourth-order valence-corrected chi connectivity index (χ4v) is 9.51. The van der Waals surface area contributed by atoms with Gasteiger partial charge in [0.2, 0.25) is 0 Å². The molecule has 0 bridgehead atoms. The minimum Gasteiger partial charge on any atom is -0.378 e. The largest absolute Gasteiger partial charge is 0.378 e. The Morgan fingerprint density at radius 2 is 1.24 bits per heavy atom. The molecular weight excluding hydrogens is 850 g/mol. The van der Waals surface area contributed by atoms with Crippen molar-refractivity contribution < 1.29 is 22.6 Å². The number of hydrogen-bond donors (Lipinski definition) is 2. The number of hydrogen-bond acceptors (Lipinski definition) is 12. The number of imidazole rings is 2. The first kappa shape index (κ1) is 39.8. The molecule has 0 saturated carbocycles. The minimum atomic E-state index is -0.774. The maximum atomic E-state index is 16.4. The molecule has 0 radical (unpaired) electrons. The molecule has 12 rings (SSSR count). The normalized spacial score (nSPS) is 14.7. The maximum Gasteiger partial charge on any atom is 0.163 e. The van der Waals surface area contributed by atoms with E-state index in [1.807, 2.05) is 53.3 Å². The molecule has 2 N–H and O–H groups in total. The van der Waals surface area contributed by atoms with Crippen molar-refractivity contribution >= 4 is 55.2 Å². The number of aromatic nitrogens is 12. The molecule has 0 unspecified atom stereocenters. The van der Waals surface area contributed by atoms with Crippen LogP contribution in [0.3, 0.4) is 0 Å². The Morgan fingerprint density at radius 1 is 0.621 bits per heavy atom. The molecule has 19 heteroatoms. The van der Waals surface area contributed by atoms with Crippen molar-refractivity contribution in [1.82, 2.24) is 59.4 Å². The first-order valence-corrected chi connectivity index (χ1v) is 21.6. The van der Waals surface area contributed by atoms with E-state index < -0.39 is 17.5 Å². The van der Waals surface area contributed by atoms with Crippen LogP contribution in [0.1, 0.15) is 23.0 Å². The number of nitrogens with zero attached hydrogens (tertiary/aromatic N) is 12. The molecule has 0 atom stereocenters. The van der Waals surface area contributed by atoms with E-state index in [1.165, 1.54) is 12.4 Å². The Kier molecular flexibility index (Phi) is 9.49. The van der Waals surface area contributed by atoms with Gasteiger partial charge < -0.3 is 29.2 Å². The van der Waals surface area contributed by atoms with E-state index in [0.29, 0.717) is 115 Å². The molecule has 10 aromatic rings. The number of ether oxygens (including phenoxy) is 2. The summed E-state index contributed by atoms with van der Waals surface area (Å²) in [7, 11) is 0. The van der Waals surface area contributed by atoms with Gasteiger partial charge in [-0.1, -0.05) is 12.1 Å². The van der Waals surface area contributed by atoms with Crippen LogP contribution in [0.2, 0.25) is 0 Å². The highest BCUT2D eigenvalue weighted by molar-refractivity contribution is 5.99. The summed E-state index contributed by atoms with van der Waals surface area (Å²) in [5.74, 6) is 0.550. The van der Waals surface area contributed by atoms with Gasteiger partial charge in [0.1, 0.15) is 57.8 Å². The monoisotopic (exact) mass is 888 g/mol. The fourth-order valence-electron chi connectivity index (χ4n) is 9.51. The van der Waals surface area contributed by atoms with Gasteiger partial charge in [0.25, 0.3) is 0 Å². The summed E-state index contributed by atoms with van der Waals surface area (Å²) in [6.07, 6.45) is 4.57. The topological polar surface area (TPSA) is 170 Å². The van der Waals surface area contributed by atoms with Crippen LogP contribution in [0.15, 0.2) is 79.4 Å². The second-order valence-electron chi connectivity index (χ2n) is 16.4. The van der Waals surface area contributed by atoms with Crippen molar-refractivity contribution in [2.24, 2.45) is 0 Å². The highest BCUT2D eigenvalue weighted by Gasteiger charge is 2.26. The summed E-state index contributed by atoms with van der Waals surface area (Å²) in [6.45, 7) is 8.74. The highest BCUT2D eigenvalue weighted by atomic mass is 19.1. The Balaban J connectivity index is 0.973. The SMILES string of the molecule is Cc1nc2c(-c3nnc(Cc4c(F)cc(F)c5c(-n6c(C)nc7c(-c8nnc[nH]8)cc(N8CCOCC8)cc76)ccnc45)[nH]3)cc(N3CCOCC3)cc2n1-c1ccnc2c(F)cccc12. The standard InChI is InChI=1S/C47H39F3N14O2/c1-25-55-44-32(19-28(62-12-16-66-17-13-62)20-38(44)63(25)36-6-8-51-42-29(36)4-3-5-33(42)48)47-57-40(58-60-47)22-30-34(49)23-35(50)41-37(7-9-52-45(30)41)64-26(2)56-43-31(46-53-24-54-59-46)18-27(21-39(43)64)61-10-14-65-15-11-61/h3-9,18-21,23-24H,10-17,22H2,1-2H3,(H,53,54,59)(H,57,58,60). The zero-order valence-corrected chi connectivity index (χ0v) is 35.7. The number of nitrogens with one attached hydrogen (secondary N) is 2. The van der Waals surface area contributed by atoms with Crippen LogP contribution in [0, 0.1) is 31.3 Å². The predicted molar refractivity (Wildman–Crippen MR) is 242 cm³/mol. The molecule has 8 heterocycles. The van der Waals surface area contributed by atoms with Crippen LogP contribution in [-0.4, -0.2) is 112 Å². The van der Waals surface area contributed by atoms with E-state index in [1.54, 1.807) is 24.5 Å². The molecule has 0 amide bonds. The van der Waals surface area contributed by atoms with E-state index in [0.717, 1.165) is 34.2 Å². The second kappa shape index (κ2) is 15.7. The number of pyridine rings is 2. The molecule has 2 fully saturated rings. The van der Waals surface area contributed by atoms with E-state index in [9.17, 15) is 0 Å². The van der Waals surface area contributed by atoms with Gasteiger partial charge in [-0.05, 0) is 56.3 Å².